The number of halogens is 1. The van der Waals surface area contributed by atoms with Crippen LogP contribution in [0.4, 0.5) is 9.18 Å². The number of rotatable bonds is 12. The molecule has 1 aromatic carbocycles. The molecule has 3 amide bonds. The van der Waals surface area contributed by atoms with Crippen LogP contribution in [0.15, 0.2) is 18.2 Å². The summed E-state index contributed by atoms with van der Waals surface area (Å²) in [7, 11) is -3.54. The number of carbonyl (C=O) groups excluding carboxylic acids is 2. The van der Waals surface area contributed by atoms with Crippen LogP contribution in [0.5, 0.6) is 5.75 Å². The molecule has 0 aromatic heterocycles. The highest BCUT2D eigenvalue weighted by Gasteiger charge is 2.25. The van der Waals surface area contributed by atoms with E-state index in [-0.39, 0.29) is 24.0 Å². The number of imide groups is 1. The van der Waals surface area contributed by atoms with Crippen LogP contribution < -0.4 is 20.1 Å². The summed E-state index contributed by atoms with van der Waals surface area (Å²) in [5.74, 6) is -0.312. The Bertz CT molecular complexity index is 937. The number of hydrogen-bond donors (Lipinski definition) is 3. The van der Waals surface area contributed by atoms with Gasteiger partial charge in [0.1, 0.15) is 6.54 Å². The molecule has 0 bridgehead atoms. The molecule has 2 saturated heterocycles. The van der Waals surface area contributed by atoms with Crippen molar-refractivity contribution < 1.29 is 27.1 Å². The zero-order valence-corrected chi connectivity index (χ0v) is 19.8. The number of amides is 3. The number of sulfonamides is 1. The van der Waals surface area contributed by atoms with Gasteiger partial charge in [-0.15, -0.1) is 0 Å². The maximum absolute atomic E-state index is 14.2. The molecule has 0 radical (unpaired) electrons. The summed E-state index contributed by atoms with van der Waals surface area (Å²) in [5.41, 5.74) is 0.630. The van der Waals surface area contributed by atoms with Crippen LogP contribution in [0.25, 0.3) is 0 Å². The molecule has 0 spiro atoms. The van der Waals surface area contributed by atoms with Crippen LogP contribution in [0.2, 0.25) is 0 Å². The third kappa shape index (κ3) is 7.94. The molecule has 0 unspecified atom stereocenters. The van der Waals surface area contributed by atoms with E-state index in [1.807, 2.05) is 0 Å². The molecule has 3 N–H and O–H groups in total. The van der Waals surface area contributed by atoms with E-state index in [0.29, 0.717) is 43.9 Å². The molecule has 11 heteroatoms. The van der Waals surface area contributed by atoms with Gasteiger partial charge in [0.15, 0.2) is 11.6 Å². The molecule has 1 atom stereocenters. The van der Waals surface area contributed by atoms with Gasteiger partial charge < -0.3 is 15.0 Å². The van der Waals surface area contributed by atoms with Crippen molar-refractivity contribution in [2.75, 3.05) is 38.5 Å². The number of unbranched alkanes of at least 4 members (excludes halogenated alkanes) is 2. The minimum absolute atomic E-state index is 0.0528. The van der Waals surface area contributed by atoms with Crippen LogP contribution >= 0.6 is 0 Å². The topological polar surface area (TPSA) is 117 Å². The molecule has 2 aliphatic heterocycles. The second-order valence-electron chi connectivity index (χ2n) is 8.69. The average molecular weight is 485 g/mol. The lowest BCUT2D eigenvalue weighted by Gasteiger charge is -2.23. The number of benzene rings is 1. The Morgan fingerprint density at radius 3 is 2.67 bits per heavy atom. The monoisotopic (exact) mass is 484 g/mol. The van der Waals surface area contributed by atoms with Crippen LogP contribution in [-0.4, -0.2) is 63.8 Å². The van der Waals surface area contributed by atoms with Crippen LogP contribution in [0.1, 0.15) is 50.6 Å². The SMILES string of the molecule is C[C@@H](NS(=O)(=O)CCCCCN1CC(=O)NC1=O)c1ccc(F)c(OCC2CCNCC2)c1. The number of ether oxygens (including phenoxy) is 1. The van der Waals surface area contributed by atoms with Crippen molar-refractivity contribution in [1.82, 2.24) is 20.3 Å². The Hall–Kier alpha value is -2.24. The first-order chi connectivity index (χ1) is 15.7. The third-order valence-corrected chi connectivity index (χ3v) is 7.49. The third-order valence-electron chi connectivity index (χ3n) is 5.95. The molecule has 1 aromatic rings. The van der Waals surface area contributed by atoms with Gasteiger partial charge in [0.05, 0.1) is 12.4 Å². The van der Waals surface area contributed by atoms with E-state index in [1.54, 1.807) is 19.1 Å². The summed E-state index contributed by atoms with van der Waals surface area (Å²) in [6.07, 6.45) is 3.63. The van der Waals surface area contributed by atoms with Gasteiger partial charge in [-0.25, -0.2) is 22.3 Å². The highest BCUT2D eigenvalue weighted by molar-refractivity contribution is 7.89. The van der Waals surface area contributed by atoms with Crippen LogP contribution in [-0.2, 0) is 14.8 Å². The molecule has 2 heterocycles. The molecule has 0 aliphatic carbocycles. The summed E-state index contributed by atoms with van der Waals surface area (Å²) < 4.78 is 47.5. The predicted octanol–water partition coefficient (Wildman–Crippen LogP) is 1.91. The summed E-state index contributed by atoms with van der Waals surface area (Å²) in [6, 6.07) is 3.49. The zero-order valence-electron chi connectivity index (χ0n) is 18.9. The first kappa shape index (κ1) is 25.4. The van der Waals surface area contributed by atoms with Gasteiger partial charge in [0.2, 0.25) is 15.9 Å². The summed E-state index contributed by atoms with van der Waals surface area (Å²) >= 11 is 0. The smallest absolute Gasteiger partial charge is 0.324 e. The van der Waals surface area contributed by atoms with E-state index in [0.717, 1.165) is 25.9 Å². The van der Waals surface area contributed by atoms with E-state index in [9.17, 15) is 22.4 Å². The van der Waals surface area contributed by atoms with Gasteiger partial charge >= 0.3 is 6.03 Å². The van der Waals surface area contributed by atoms with Crippen molar-refractivity contribution in [3.63, 3.8) is 0 Å². The van der Waals surface area contributed by atoms with Crippen molar-refractivity contribution in [3.05, 3.63) is 29.6 Å². The fourth-order valence-corrected chi connectivity index (χ4v) is 5.36. The van der Waals surface area contributed by atoms with Crippen LogP contribution in [0.3, 0.4) is 0 Å². The Morgan fingerprint density at radius 1 is 1.21 bits per heavy atom. The van der Waals surface area contributed by atoms with Crippen molar-refractivity contribution in [2.45, 2.75) is 45.1 Å². The maximum atomic E-state index is 14.2. The van der Waals surface area contributed by atoms with Crippen molar-refractivity contribution in [1.29, 1.82) is 0 Å². The number of nitrogens with one attached hydrogen (secondary N) is 3. The second-order valence-corrected chi connectivity index (χ2v) is 10.6. The molecule has 184 valence electrons. The maximum Gasteiger partial charge on any atom is 0.324 e. The molecule has 0 saturated carbocycles. The fourth-order valence-electron chi connectivity index (χ4n) is 3.99. The largest absolute Gasteiger partial charge is 0.490 e. The van der Waals surface area contributed by atoms with Gasteiger partial charge in [-0.2, -0.15) is 0 Å². The first-order valence-electron chi connectivity index (χ1n) is 11.5. The van der Waals surface area contributed by atoms with Gasteiger partial charge in [-0.3, -0.25) is 10.1 Å². The number of piperidine rings is 1. The second kappa shape index (κ2) is 11.8. The van der Waals surface area contributed by atoms with E-state index in [1.165, 1.54) is 11.0 Å². The molecule has 3 rings (SSSR count). The molecular weight excluding hydrogens is 451 g/mol. The van der Waals surface area contributed by atoms with Crippen molar-refractivity contribution in [3.8, 4) is 5.75 Å². The number of hydrogen-bond acceptors (Lipinski definition) is 6. The van der Waals surface area contributed by atoms with Crippen LogP contribution in [0, 0.1) is 11.7 Å². The molecule has 2 fully saturated rings. The van der Waals surface area contributed by atoms with Gasteiger partial charge in [0.25, 0.3) is 0 Å². The summed E-state index contributed by atoms with van der Waals surface area (Å²) in [6.45, 7) is 4.49. The molecular formula is C22H33FN4O5S. The normalized spacial score (nSPS) is 18.4. The molecule has 33 heavy (non-hydrogen) atoms. The lowest BCUT2D eigenvalue weighted by molar-refractivity contribution is -0.118. The standard InChI is InChI=1S/C22H33FN4O5S/c1-16(18-5-6-19(23)20(13-18)32-15-17-7-9-24-10-8-17)26-33(30,31)12-4-2-3-11-27-14-21(28)25-22(27)29/h5-6,13,16-17,24,26H,2-4,7-12,14-15H2,1H3,(H,25,28,29)/t16-/m1/s1. The first-order valence-corrected chi connectivity index (χ1v) is 13.1. The number of urea groups is 1. The Kier molecular flexibility index (Phi) is 9.04. The van der Waals surface area contributed by atoms with Gasteiger partial charge in [-0.1, -0.05) is 12.5 Å². The average Bonchev–Trinajstić information content (AvgIpc) is 3.10. The zero-order chi connectivity index (χ0) is 23.8. The number of nitrogens with zero attached hydrogens (tertiary/aromatic N) is 1. The highest BCUT2D eigenvalue weighted by Crippen LogP contribution is 2.25. The summed E-state index contributed by atoms with van der Waals surface area (Å²) in [4.78, 5) is 24.1. The molecule has 2 aliphatic rings. The minimum atomic E-state index is -3.54. The highest BCUT2D eigenvalue weighted by atomic mass is 32.2. The molecule has 9 nitrogen and oxygen atoms in total. The Morgan fingerprint density at radius 2 is 1.97 bits per heavy atom. The fraction of sp³-hybridized carbons (Fsp3) is 0.636. The van der Waals surface area contributed by atoms with Crippen molar-refractivity contribution in [2.24, 2.45) is 5.92 Å². The van der Waals surface area contributed by atoms with Gasteiger partial charge in [0, 0.05) is 12.6 Å². The lowest BCUT2D eigenvalue weighted by Crippen LogP contribution is -2.31. The van der Waals surface area contributed by atoms with Crippen molar-refractivity contribution >= 4 is 22.0 Å². The lowest BCUT2D eigenvalue weighted by atomic mass is 9.99. The predicted molar refractivity (Wildman–Crippen MR) is 122 cm³/mol. The number of carbonyl (C=O) groups is 2. The Balaban J connectivity index is 1.43. The quantitative estimate of drug-likeness (QED) is 0.308. The van der Waals surface area contributed by atoms with E-state index < -0.39 is 27.9 Å². The van der Waals surface area contributed by atoms with E-state index >= 15 is 0 Å². The van der Waals surface area contributed by atoms with E-state index in [4.69, 9.17) is 4.74 Å². The van der Waals surface area contributed by atoms with E-state index in [2.05, 4.69) is 15.4 Å². The van der Waals surface area contributed by atoms with Gasteiger partial charge in [-0.05, 0) is 69.3 Å². The summed E-state index contributed by atoms with van der Waals surface area (Å²) in [5, 5.41) is 5.49. The Labute approximate surface area is 194 Å². The minimum Gasteiger partial charge on any atom is -0.490 e.